The number of esters is 1. The second-order valence-corrected chi connectivity index (χ2v) is 6.13. The Morgan fingerprint density at radius 1 is 1.53 bits per heavy atom. The van der Waals surface area contributed by atoms with Crippen LogP contribution in [-0.2, 0) is 4.74 Å². The van der Waals surface area contributed by atoms with Gasteiger partial charge in [-0.25, -0.2) is 9.78 Å². The molecule has 1 N–H and O–H groups in total. The van der Waals surface area contributed by atoms with Crippen molar-refractivity contribution in [1.29, 1.82) is 0 Å². The van der Waals surface area contributed by atoms with Crippen LogP contribution in [-0.4, -0.2) is 18.1 Å². The molecule has 19 heavy (non-hydrogen) atoms. The maximum absolute atomic E-state index is 11.5. The normalized spacial score (nSPS) is 10.3. The topological polar surface area (TPSA) is 51.2 Å². The summed E-state index contributed by atoms with van der Waals surface area (Å²) < 4.78 is 5.49. The molecule has 0 aliphatic carbocycles. The minimum Gasteiger partial charge on any atom is -0.464 e. The Balaban J connectivity index is 2.24. The predicted molar refractivity (Wildman–Crippen MR) is 80.6 cm³/mol. The molecule has 0 atom stereocenters. The number of aryl methyl sites for hydroxylation is 1. The van der Waals surface area contributed by atoms with Gasteiger partial charge in [0.1, 0.15) is 0 Å². The molecule has 0 bridgehead atoms. The van der Waals surface area contributed by atoms with Crippen LogP contribution in [0.5, 0.6) is 0 Å². The summed E-state index contributed by atoms with van der Waals surface area (Å²) in [6.07, 6.45) is 0. The van der Waals surface area contributed by atoms with E-state index in [2.05, 4.69) is 31.0 Å². The SMILES string of the molecule is COC(=O)c1nc(Nc2ccc(Br)c(Cl)c2)sc1C. The number of carbonyl (C=O) groups is 1. The van der Waals surface area contributed by atoms with E-state index in [-0.39, 0.29) is 0 Å². The molecule has 0 unspecified atom stereocenters. The summed E-state index contributed by atoms with van der Waals surface area (Å²) in [6.45, 7) is 1.82. The molecule has 0 saturated heterocycles. The van der Waals surface area contributed by atoms with E-state index in [9.17, 15) is 4.79 Å². The quantitative estimate of drug-likeness (QED) is 0.823. The third-order valence-electron chi connectivity index (χ3n) is 2.35. The van der Waals surface area contributed by atoms with Crippen molar-refractivity contribution in [3.8, 4) is 0 Å². The van der Waals surface area contributed by atoms with E-state index in [4.69, 9.17) is 11.6 Å². The molecule has 0 fully saturated rings. The van der Waals surface area contributed by atoms with E-state index in [1.54, 1.807) is 6.07 Å². The molecule has 0 aliphatic heterocycles. The fourth-order valence-corrected chi connectivity index (χ4v) is 2.68. The van der Waals surface area contributed by atoms with Gasteiger partial charge in [-0.1, -0.05) is 11.6 Å². The Bertz CT molecular complexity index is 630. The maximum Gasteiger partial charge on any atom is 0.357 e. The summed E-state index contributed by atoms with van der Waals surface area (Å²) in [4.78, 5) is 16.5. The number of hydrogen-bond donors (Lipinski definition) is 1. The summed E-state index contributed by atoms with van der Waals surface area (Å²) in [6, 6.07) is 5.48. The standard InChI is InChI=1S/C12H10BrClN2O2S/c1-6-10(11(17)18-2)16-12(19-6)15-7-3-4-8(13)9(14)5-7/h3-5H,1-2H3,(H,15,16). The van der Waals surface area contributed by atoms with Crippen LogP contribution >= 0.6 is 38.9 Å². The summed E-state index contributed by atoms with van der Waals surface area (Å²) in [5, 5.41) is 4.33. The van der Waals surface area contributed by atoms with Crippen molar-refractivity contribution in [2.75, 3.05) is 12.4 Å². The summed E-state index contributed by atoms with van der Waals surface area (Å²) in [5.74, 6) is -0.435. The molecular formula is C12H10BrClN2O2S. The van der Waals surface area contributed by atoms with Crippen molar-refractivity contribution in [3.63, 3.8) is 0 Å². The molecular weight excluding hydrogens is 352 g/mol. The summed E-state index contributed by atoms with van der Waals surface area (Å²) in [5.41, 5.74) is 1.14. The number of halogens is 2. The largest absolute Gasteiger partial charge is 0.464 e. The molecule has 4 nitrogen and oxygen atoms in total. The molecule has 0 saturated carbocycles. The van der Waals surface area contributed by atoms with Gasteiger partial charge in [-0.05, 0) is 41.1 Å². The number of hydrogen-bond acceptors (Lipinski definition) is 5. The molecule has 0 radical (unpaired) electrons. The van der Waals surface area contributed by atoms with Crippen LogP contribution in [0.3, 0.4) is 0 Å². The Kier molecular flexibility index (Phi) is 4.44. The van der Waals surface area contributed by atoms with Crippen molar-refractivity contribution in [1.82, 2.24) is 4.98 Å². The highest BCUT2D eigenvalue weighted by Gasteiger charge is 2.15. The van der Waals surface area contributed by atoms with Gasteiger partial charge in [0.2, 0.25) is 0 Å². The second kappa shape index (κ2) is 5.90. The molecule has 7 heteroatoms. The van der Waals surface area contributed by atoms with Gasteiger partial charge in [0, 0.05) is 15.0 Å². The zero-order valence-corrected chi connectivity index (χ0v) is 13.3. The Morgan fingerprint density at radius 3 is 2.89 bits per heavy atom. The number of nitrogens with zero attached hydrogens (tertiary/aromatic N) is 1. The van der Waals surface area contributed by atoms with E-state index in [1.165, 1.54) is 18.4 Å². The maximum atomic E-state index is 11.5. The first-order chi connectivity index (χ1) is 9.01. The lowest BCUT2D eigenvalue weighted by atomic mass is 10.3. The molecule has 0 spiro atoms. The summed E-state index contributed by atoms with van der Waals surface area (Å²) in [7, 11) is 1.34. The number of anilines is 2. The van der Waals surface area contributed by atoms with Crippen molar-refractivity contribution < 1.29 is 9.53 Å². The van der Waals surface area contributed by atoms with Crippen LogP contribution < -0.4 is 5.32 Å². The molecule has 1 aromatic heterocycles. The zero-order chi connectivity index (χ0) is 14.0. The fraction of sp³-hybridized carbons (Fsp3) is 0.167. The molecule has 0 aliphatic rings. The smallest absolute Gasteiger partial charge is 0.357 e. The van der Waals surface area contributed by atoms with Crippen LogP contribution in [0, 0.1) is 6.92 Å². The van der Waals surface area contributed by atoms with Crippen LogP contribution in [0.2, 0.25) is 5.02 Å². The number of benzene rings is 1. The number of ether oxygens (including phenoxy) is 1. The number of carbonyl (C=O) groups excluding carboxylic acids is 1. The van der Waals surface area contributed by atoms with Gasteiger partial charge in [-0.3, -0.25) is 0 Å². The Labute approximate surface area is 127 Å². The van der Waals surface area contributed by atoms with Gasteiger partial charge in [0.25, 0.3) is 0 Å². The number of methoxy groups -OCH3 is 1. The lowest BCUT2D eigenvalue weighted by Gasteiger charge is -2.03. The molecule has 2 rings (SSSR count). The molecule has 2 aromatic rings. The second-order valence-electron chi connectivity index (χ2n) is 3.67. The van der Waals surface area contributed by atoms with Crippen molar-refractivity contribution in [2.45, 2.75) is 6.92 Å². The third kappa shape index (κ3) is 3.26. The molecule has 1 aromatic carbocycles. The van der Waals surface area contributed by atoms with Gasteiger partial charge >= 0.3 is 5.97 Å². The number of nitrogens with one attached hydrogen (secondary N) is 1. The van der Waals surface area contributed by atoms with Crippen molar-refractivity contribution in [3.05, 3.63) is 38.3 Å². The first-order valence-corrected chi connectivity index (χ1v) is 7.28. The van der Waals surface area contributed by atoms with E-state index in [1.807, 2.05) is 19.1 Å². The number of aromatic nitrogens is 1. The van der Waals surface area contributed by atoms with E-state index in [0.29, 0.717) is 15.8 Å². The average molecular weight is 362 g/mol. The van der Waals surface area contributed by atoms with Crippen LogP contribution in [0.1, 0.15) is 15.4 Å². The third-order valence-corrected chi connectivity index (χ3v) is 4.46. The highest BCUT2D eigenvalue weighted by molar-refractivity contribution is 9.10. The van der Waals surface area contributed by atoms with Gasteiger partial charge in [0.05, 0.1) is 12.1 Å². The lowest BCUT2D eigenvalue weighted by molar-refractivity contribution is 0.0594. The first-order valence-electron chi connectivity index (χ1n) is 5.29. The Hall–Kier alpha value is -1.11. The minimum atomic E-state index is -0.435. The monoisotopic (exact) mass is 360 g/mol. The Morgan fingerprint density at radius 2 is 2.26 bits per heavy atom. The van der Waals surface area contributed by atoms with Crippen LogP contribution in [0.25, 0.3) is 0 Å². The van der Waals surface area contributed by atoms with Crippen LogP contribution in [0.4, 0.5) is 10.8 Å². The predicted octanol–water partition coefficient (Wildman–Crippen LogP) is 4.40. The average Bonchev–Trinajstić information content (AvgIpc) is 2.74. The van der Waals surface area contributed by atoms with Crippen LogP contribution in [0.15, 0.2) is 22.7 Å². The highest BCUT2D eigenvalue weighted by atomic mass is 79.9. The van der Waals surface area contributed by atoms with Crippen molar-refractivity contribution in [2.24, 2.45) is 0 Å². The van der Waals surface area contributed by atoms with Gasteiger partial charge in [-0.15, -0.1) is 11.3 Å². The van der Waals surface area contributed by atoms with E-state index < -0.39 is 5.97 Å². The molecule has 0 amide bonds. The van der Waals surface area contributed by atoms with Gasteiger partial charge < -0.3 is 10.1 Å². The first kappa shape index (κ1) is 14.3. The number of rotatable bonds is 3. The highest BCUT2D eigenvalue weighted by Crippen LogP contribution is 2.29. The molecule has 1 heterocycles. The van der Waals surface area contributed by atoms with Crippen molar-refractivity contribution >= 4 is 55.7 Å². The fourth-order valence-electron chi connectivity index (χ4n) is 1.43. The zero-order valence-electron chi connectivity index (χ0n) is 10.2. The lowest BCUT2D eigenvalue weighted by Crippen LogP contribution is -2.03. The number of thiazole rings is 1. The van der Waals surface area contributed by atoms with Gasteiger partial charge in [-0.2, -0.15) is 0 Å². The minimum absolute atomic E-state index is 0.332. The van der Waals surface area contributed by atoms with E-state index >= 15 is 0 Å². The van der Waals surface area contributed by atoms with E-state index in [0.717, 1.165) is 15.0 Å². The van der Waals surface area contributed by atoms with Gasteiger partial charge in [0.15, 0.2) is 10.8 Å². The molecule has 100 valence electrons. The summed E-state index contributed by atoms with van der Waals surface area (Å²) >= 11 is 10.7.